The van der Waals surface area contributed by atoms with Gasteiger partial charge in [-0.05, 0) is 25.0 Å². The van der Waals surface area contributed by atoms with Gasteiger partial charge in [-0.2, -0.15) is 5.10 Å². The summed E-state index contributed by atoms with van der Waals surface area (Å²) in [6.07, 6.45) is 4.13. The largest absolute Gasteiger partial charge is 0.461 e. The van der Waals surface area contributed by atoms with Crippen LogP contribution in [-0.4, -0.2) is 19.7 Å². The molecule has 0 atom stereocenters. The molecular weight excluding hydrogens is 216 g/mol. The summed E-state index contributed by atoms with van der Waals surface area (Å²) < 4.78 is 7.19. The number of hydrogen-bond donors (Lipinski definition) is 1. The molecule has 4 rings (SSSR count). The summed E-state index contributed by atoms with van der Waals surface area (Å²) in [4.78, 5) is 7.86. The molecular formula is C12H12N4O. The zero-order valence-electron chi connectivity index (χ0n) is 9.47. The number of fused-ring (bicyclic) bond motifs is 1. The minimum Gasteiger partial charge on any atom is -0.461 e. The number of aromatic nitrogens is 4. The van der Waals surface area contributed by atoms with Gasteiger partial charge in [0.15, 0.2) is 17.2 Å². The maximum absolute atomic E-state index is 5.35. The summed E-state index contributed by atoms with van der Waals surface area (Å²) >= 11 is 0. The van der Waals surface area contributed by atoms with Crippen molar-refractivity contribution in [3.8, 4) is 11.6 Å². The summed E-state index contributed by atoms with van der Waals surface area (Å²) in [6, 6.07) is 3.77. The van der Waals surface area contributed by atoms with E-state index in [1.165, 1.54) is 12.8 Å². The number of imidazole rings is 1. The minimum atomic E-state index is 0.614. The molecule has 86 valence electrons. The summed E-state index contributed by atoms with van der Waals surface area (Å²) in [7, 11) is 1.93. The highest BCUT2D eigenvalue weighted by Crippen LogP contribution is 2.42. The zero-order valence-corrected chi connectivity index (χ0v) is 9.47. The second-order valence-electron chi connectivity index (χ2n) is 4.54. The second-order valence-corrected chi connectivity index (χ2v) is 4.54. The molecule has 1 saturated carbocycles. The summed E-state index contributed by atoms with van der Waals surface area (Å²) in [5.41, 5.74) is 3.10. The quantitative estimate of drug-likeness (QED) is 0.732. The first-order chi connectivity index (χ1) is 8.33. The van der Waals surface area contributed by atoms with Crippen molar-refractivity contribution in [1.29, 1.82) is 0 Å². The smallest absolute Gasteiger partial charge is 0.176 e. The van der Waals surface area contributed by atoms with Crippen molar-refractivity contribution in [1.82, 2.24) is 19.7 Å². The molecule has 0 aliphatic heterocycles. The van der Waals surface area contributed by atoms with Crippen LogP contribution in [0.2, 0.25) is 0 Å². The normalized spacial score (nSPS) is 15.8. The van der Waals surface area contributed by atoms with Crippen molar-refractivity contribution in [2.45, 2.75) is 18.8 Å². The molecule has 1 fully saturated rings. The predicted octanol–water partition coefficient (Wildman–Crippen LogP) is 2.43. The molecule has 3 aromatic rings. The van der Waals surface area contributed by atoms with Crippen LogP contribution in [0.5, 0.6) is 0 Å². The lowest BCUT2D eigenvalue weighted by Crippen LogP contribution is -1.92. The predicted molar refractivity (Wildman–Crippen MR) is 62.5 cm³/mol. The standard InChI is InChI=1S/C12H12N4O/c1-16-12-10(9(15-16)7-4-5-7)13-11(14-12)8-3-2-6-17-8/h2-3,6-7H,4-5H2,1H3,(H,13,14). The van der Waals surface area contributed by atoms with Crippen LogP contribution < -0.4 is 0 Å². The van der Waals surface area contributed by atoms with Crippen molar-refractivity contribution in [3.63, 3.8) is 0 Å². The molecule has 17 heavy (non-hydrogen) atoms. The number of rotatable bonds is 2. The van der Waals surface area contributed by atoms with Crippen LogP contribution in [0.4, 0.5) is 0 Å². The SMILES string of the molecule is Cn1nc(C2CC2)c2[nH]c(-c3ccco3)nc21. The van der Waals surface area contributed by atoms with Crippen LogP contribution in [0.1, 0.15) is 24.5 Å². The molecule has 5 nitrogen and oxygen atoms in total. The van der Waals surface area contributed by atoms with Crippen LogP contribution in [0.25, 0.3) is 22.7 Å². The lowest BCUT2D eigenvalue weighted by Gasteiger charge is -1.92. The molecule has 1 aliphatic rings. The van der Waals surface area contributed by atoms with E-state index in [0.29, 0.717) is 5.92 Å². The van der Waals surface area contributed by atoms with Gasteiger partial charge in [-0.3, -0.25) is 0 Å². The molecule has 0 unspecified atom stereocenters. The Hall–Kier alpha value is -2.04. The fraction of sp³-hybridized carbons (Fsp3) is 0.333. The minimum absolute atomic E-state index is 0.614. The van der Waals surface area contributed by atoms with Gasteiger partial charge in [-0.1, -0.05) is 0 Å². The van der Waals surface area contributed by atoms with Crippen LogP contribution in [0.3, 0.4) is 0 Å². The zero-order chi connectivity index (χ0) is 11.4. The number of H-pyrrole nitrogens is 1. The molecule has 3 heterocycles. The molecule has 5 heteroatoms. The third-order valence-electron chi connectivity index (χ3n) is 3.22. The van der Waals surface area contributed by atoms with Gasteiger partial charge in [0.2, 0.25) is 0 Å². The highest BCUT2D eigenvalue weighted by atomic mass is 16.3. The Morgan fingerprint density at radius 1 is 1.47 bits per heavy atom. The molecule has 1 N–H and O–H groups in total. The van der Waals surface area contributed by atoms with E-state index in [-0.39, 0.29) is 0 Å². The van der Waals surface area contributed by atoms with E-state index in [1.807, 2.05) is 23.9 Å². The van der Waals surface area contributed by atoms with E-state index < -0.39 is 0 Å². The van der Waals surface area contributed by atoms with Crippen molar-refractivity contribution >= 4 is 11.2 Å². The van der Waals surface area contributed by atoms with Gasteiger partial charge in [-0.25, -0.2) is 9.67 Å². The van der Waals surface area contributed by atoms with Crippen molar-refractivity contribution in [2.75, 3.05) is 0 Å². The van der Waals surface area contributed by atoms with Crippen molar-refractivity contribution < 1.29 is 4.42 Å². The van der Waals surface area contributed by atoms with E-state index in [0.717, 1.165) is 28.4 Å². The molecule has 3 aromatic heterocycles. The summed E-state index contributed by atoms with van der Waals surface area (Å²) in [6.45, 7) is 0. The fourth-order valence-electron chi connectivity index (χ4n) is 2.21. The topological polar surface area (TPSA) is 59.6 Å². The van der Waals surface area contributed by atoms with Gasteiger partial charge in [0.25, 0.3) is 0 Å². The Bertz CT molecular complexity index is 673. The van der Waals surface area contributed by atoms with Crippen LogP contribution in [0.15, 0.2) is 22.8 Å². The molecule has 0 amide bonds. The summed E-state index contributed by atoms with van der Waals surface area (Å²) in [5.74, 6) is 2.16. The number of furan rings is 1. The molecule has 0 spiro atoms. The van der Waals surface area contributed by atoms with E-state index in [4.69, 9.17) is 4.42 Å². The molecule has 0 saturated heterocycles. The third-order valence-corrected chi connectivity index (χ3v) is 3.22. The van der Waals surface area contributed by atoms with E-state index in [9.17, 15) is 0 Å². The van der Waals surface area contributed by atoms with Gasteiger partial charge in [0, 0.05) is 13.0 Å². The fourth-order valence-corrected chi connectivity index (χ4v) is 2.21. The Kier molecular flexibility index (Phi) is 1.59. The number of aryl methyl sites for hydroxylation is 1. The average molecular weight is 228 g/mol. The maximum Gasteiger partial charge on any atom is 0.176 e. The van der Waals surface area contributed by atoms with E-state index in [2.05, 4.69) is 15.1 Å². The number of hydrogen-bond acceptors (Lipinski definition) is 3. The molecule has 0 aromatic carbocycles. The van der Waals surface area contributed by atoms with Crippen molar-refractivity contribution in [2.24, 2.45) is 7.05 Å². The lowest BCUT2D eigenvalue weighted by atomic mass is 10.3. The van der Waals surface area contributed by atoms with Gasteiger partial charge >= 0.3 is 0 Å². The monoisotopic (exact) mass is 228 g/mol. The summed E-state index contributed by atoms with van der Waals surface area (Å²) in [5, 5.41) is 4.53. The number of nitrogens with zero attached hydrogens (tertiary/aromatic N) is 3. The number of aromatic amines is 1. The number of nitrogens with one attached hydrogen (secondary N) is 1. The average Bonchev–Trinajstić information content (AvgIpc) is 2.79. The van der Waals surface area contributed by atoms with Gasteiger partial charge in [0.1, 0.15) is 5.52 Å². The van der Waals surface area contributed by atoms with Gasteiger partial charge in [-0.15, -0.1) is 0 Å². The Morgan fingerprint density at radius 2 is 2.35 bits per heavy atom. The van der Waals surface area contributed by atoms with Gasteiger partial charge < -0.3 is 9.40 Å². The second kappa shape index (κ2) is 3.00. The van der Waals surface area contributed by atoms with Crippen LogP contribution in [0, 0.1) is 0 Å². The molecule has 0 radical (unpaired) electrons. The lowest BCUT2D eigenvalue weighted by molar-refractivity contribution is 0.578. The Balaban J connectivity index is 1.94. The highest BCUT2D eigenvalue weighted by Gasteiger charge is 2.30. The highest BCUT2D eigenvalue weighted by molar-refractivity contribution is 5.78. The third kappa shape index (κ3) is 1.25. The first-order valence-corrected chi connectivity index (χ1v) is 5.79. The Morgan fingerprint density at radius 3 is 3.06 bits per heavy atom. The van der Waals surface area contributed by atoms with Gasteiger partial charge in [0.05, 0.1) is 12.0 Å². The first kappa shape index (κ1) is 9.04. The molecule has 0 bridgehead atoms. The molecule has 1 aliphatic carbocycles. The van der Waals surface area contributed by atoms with Crippen LogP contribution in [-0.2, 0) is 7.05 Å². The van der Waals surface area contributed by atoms with E-state index >= 15 is 0 Å². The maximum atomic E-state index is 5.35. The van der Waals surface area contributed by atoms with Crippen LogP contribution >= 0.6 is 0 Å². The van der Waals surface area contributed by atoms with E-state index in [1.54, 1.807) is 6.26 Å². The first-order valence-electron chi connectivity index (χ1n) is 5.79. The van der Waals surface area contributed by atoms with Crippen molar-refractivity contribution in [3.05, 3.63) is 24.1 Å². The Labute approximate surface area is 97.5 Å².